The fourth-order valence-corrected chi connectivity index (χ4v) is 3.42. The van der Waals surface area contributed by atoms with Gasteiger partial charge >= 0.3 is 0 Å². The molecule has 3 rings (SSSR count). The molecule has 152 valence electrons. The number of pyridine rings is 1. The topological polar surface area (TPSA) is 43.4 Å². The van der Waals surface area contributed by atoms with E-state index in [1.807, 2.05) is 37.4 Å². The summed E-state index contributed by atoms with van der Waals surface area (Å²) in [4.78, 5) is 4.12. The van der Waals surface area contributed by atoms with Gasteiger partial charge in [0.15, 0.2) is 11.5 Å². The van der Waals surface area contributed by atoms with Gasteiger partial charge in [-0.1, -0.05) is 46.9 Å². The number of hydrogen-bond acceptors (Lipinski definition) is 4. The molecule has 3 aromatic rings. The zero-order chi connectivity index (χ0) is 20.6. The highest BCUT2D eigenvalue weighted by Crippen LogP contribution is 2.35. The van der Waals surface area contributed by atoms with Crippen molar-refractivity contribution in [1.82, 2.24) is 10.3 Å². The molecule has 2 aromatic carbocycles. The Hall–Kier alpha value is -1.98. The van der Waals surface area contributed by atoms with Gasteiger partial charge in [-0.15, -0.1) is 0 Å². The third kappa shape index (κ3) is 6.25. The van der Waals surface area contributed by atoms with Crippen LogP contribution < -0.4 is 14.8 Å². The number of nitrogens with zero attached hydrogens (tertiary/aromatic N) is 1. The summed E-state index contributed by atoms with van der Waals surface area (Å²) in [5.74, 6) is 1.21. The molecule has 0 atom stereocenters. The third-order valence-electron chi connectivity index (χ3n) is 4.18. The third-order valence-corrected chi connectivity index (χ3v) is 5.12. The first kappa shape index (κ1) is 21.7. The van der Waals surface area contributed by atoms with E-state index in [1.165, 1.54) is 0 Å². The molecule has 0 unspecified atom stereocenters. The second-order valence-electron chi connectivity index (χ2n) is 6.31. The zero-order valence-corrected chi connectivity index (χ0v) is 18.2. The molecule has 0 aliphatic heterocycles. The normalized spacial score (nSPS) is 10.8. The molecule has 4 nitrogen and oxygen atoms in total. The van der Waals surface area contributed by atoms with Crippen molar-refractivity contribution in [2.75, 3.05) is 6.61 Å². The summed E-state index contributed by atoms with van der Waals surface area (Å²) in [5, 5.41) is 5.11. The van der Waals surface area contributed by atoms with Crippen LogP contribution in [0, 0.1) is 0 Å². The first-order chi connectivity index (χ1) is 14.1. The van der Waals surface area contributed by atoms with Gasteiger partial charge in [-0.25, -0.2) is 0 Å². The van der Waals surface area contributed by atoms with Gasteiger partial charge in [-0.3, -0.25) is 4.98 Å². The molecular weight excluding hydrogens is 431 g/mol. The van der Waals surface area contributed by atoms with Crippen molar-refractivity contribution in [2.24, 2.45) is 0 Å². The Kier molecular flexibility index (Phi) is 8.01. The van der Waals surface area contributed by atoms with Crippen LogP contribution in [0.3, 0.4) is 0 Å². The maximum absolute atomic E-state index is 6.49. The van der Waals surface area contributed by atoms with Crippen molar-refractivity contribution in [2.45, 2.75) is 26.6 Å². The number of rotatable bonds is 9. The zero-order valence-electron chi connectivity index (χ0n) is 15.9. The predicted molar refractivity (Wildman–Crippen MR) is 118 cm³/mol. The molecule has 1 aromatic heterocycles. The average Bonchev–Trinajstić information content (AvgIpc) is 2.71. The number of nitrogens with one attached hydrogen (secondary N) is 1. The standard InChI is InChI=1S/C22H21Cl3N2O2/c1-2-28-21-8-17(13-27-12-15-4-3-7-26-11-15)20(25)10-22(21)29-14-16-5-6-18(23)9-19(16)24/h3-11,27H,2,12-14H2,1H3. The minimum absolute atomic E-state index is 0.283. The SMILES string of the molecule is CCOc1cc(CNCc2cccnc2)c(Cl)cc1OCc1ccc(Cl)cc1Cl. The second-order valence-corrected chi connectivity index (χ2v) is 7.56. The molecule has 1 N–H and O–H groups in total. The lowest BCUT2D eigenvalue weighted by molar-refractivity contribution is 0.269. The van der Waals surface area contributed by atoms with E-state index in [9.17, 15) is 0 Å². The molecule has 0 bridgehead atoms. The first-order valence-corrected chi connectivity index (χ1v) is 10.3. The number of halogens is 3. The van der Waals surface area contributed by atoms with Crippen molar-refractivity contribution in [1.29, 1.82) is 0 Å². The summed E-state index contributed by atoms with van der Waals surface area (Å²) < 4.78 is 11.7. The van der Waals surface area contributed by atoms with Crippen LogP contribution in [0.5, 0.6) is 11.5 Å². The Bertz CT molecular complexity index is 952. The van der Waals surface area contributed by atoms with Gasteiger partial charge in [-0.05, 0) is 42.3 Å². The molecule has 0 amide bonds. The minimum atomic E-state index is 0.283. The summed E-state index contributed by atoms with van der Waals surface area (Å²) in [6.45, 7) is 4.01. The van der Waals surface area contributed by atoms with Crippen molar-refractivity contribution in [3.05, 3.63) is 86.6 Å². The molecule has 0 aliphatic carbocycles. The highest BCUT2D eigenvalue weighted by molar-refractivity contribution is 6.35. The van der Waals surface area contributed by atoms with Crippen molar-refractivity contribution < 1.29 is 9.47 Å². The quantitative estimate of drug-likeness (QED) is 0.414. The summed E-state index contributed by atoms with van der Waals surface area (Å²) in [6, 6.07) is 12.9. The largest absolute Gasteiger partial charge is 0.490 e. The van der Waals surface area contributed by atoms with Gasteiger partial charge < -0.3 is 14.8 Å². The molecular formula is C22H21Cl3N2O2. The van der Waals surface area contributed by atoms with Gasteiger partial charge in [-0.2, -0.15) is 0 Å². The van der Waals surface area contributed by atoms with Crippen LogP contribution in [0.15, 0.2) is 54.9 Å². The molecule has 7 heteroatoms. The molecule has 0 spiro atoms. The Labute approximate surface area is 185 Å². The molecule has 29 heavy (non-hydrogen) atoms. The van der Waals surface area contributed by atoms with E-state index in [4.69, 9.17) is 44.3 Å². The Balaban J connectivity index is 1.69. The molecule has 0 saturated carbocycles. The van der Waals surface area contributed by atoms with Gasteiger partial charge in [0.2, 0.25) is 0 Å². The van der Waals surface area contributed by atoms with Crippen molar-refractivity contribution in [3.8, 4) is 11.5 Å². The van der Waals surface area contributed by atoms with E-state index in [0.717, 1.165) is 16.7 Å². The fraction of sp³-hybridized carbons (Fsp3) is 0.227. The highest BCUT2D eigenvalue weighted by atomic mass is 35.5. The first-order valence-electron chi connectivity index (χ1n) is 9.18. The number of aromatic nitrogens is 1. The van der Waals surface area contributed by atoms with E-state index >= 15 is 0 Å². The number of hydrogen-bond donors (Lipinski definition) is 1. The second kappa shape index (κ2) is 10.7. The lowest BCUT2D eigenvalue weighted by Gasteiger charge is -2.16. The maximum Gasteiger partial charge on any atom is 0.163 e. The van der Waals surface area contributed by atoms with E-state index in [2.05, 4.69) is 10.3 Å². The lowest BCUT2D eigenvalue weighted by Crippen LogP contribution is -2.13. The monoisotopic (exact) mass is 450 g/mol. The van der Waals surface area contributed by atoms with Crippen LogP contribution in [0.25, 0.3) is 0 Å². The fourth-order valence-electron chi connectivity index (χ4n) is 2.73. The summed E-state index contributed by atoms with van der Waals surface area (Å²) in [5.41, 5.74) is 2.86. The molecule has 0 fully saturated rings. The van der Waals surface area contributed by atoms with Crippen LogP contribution in [0.4, 0.5) is 0 Å². The average molecular weight is 452 g/mol. The van der Waals surface area contributed by atoms with Crippen LogP contribution in [-0.4, -0.2) is 11.6 Å². The van der Waals surface area contributed by atoms with Gasteiger partial charge in [0, 0.05) is 52.2 Å². The van der Waals surface area contributed by atoms with E-state index in [0.29, 0.717) is 46.3 Å². The number of benzene rings is 2. The molecule has 0 radical (unpaired) electrons. The number of ether oxygens (including phenoxy) is 2. The van der Waals surface area contributed by atoms with Gasteiger partial charge in [0.25, 0.3) is 0 Å². The smallest absolute Gasteiger partial charge is 0.163 e. The molecule has 0 saturated heterocycles. The molecule has 1 heterocycles. The van der Waals surface area contributed by atoms with E-state index < -0.39 is 0 Å². The summed E-state index contributed by atoms with van der Waals surface area (Å²) in [6.07, 6.45) is 3.59. The van der Waals surface area contributed by atoms with E-state index in [1.54, 1.807) is 24.4 Å². The lowest BCUT2D eigenvalue weighted by atomic mass is 10.2. The Morgan fingerprint density at radius 3 is 2.41 bits per heavy atom. The maximum atomic E-state index is 6.49. The molecule has 0 aliphatic rings. The summed E-state index contributed by atoms with van der Waals surface area (Å²) in [7, 11) is 0. The summed E-state index contributed by atoms with van der Waals surface area (Å²) >= 11 is 18.7. The van der Waals surface area contributed by atoms with Crippen LogP contribution >= 0.6 is 34.8 Å². The van der Waals surface area contributed by atoms with Crippen LogP contribution in [0.1, 0.15) is 23.6 Å². The van der Waals surface area contributed by atoms with E-state index in [-0.39, 0.29) is 6.61 Å². The van der Waals surface area contributed by atoms with Crippen molar-refractivity contribution >= 4 is 34.8 Å². The minimum Gasteiger partial charge on any atom is -0.490 e. The van der Waals surface area contributed by atoms with Crippen LogP contribution in [-0.2, 0) is 19.7 Å². The Morgan fingerprint density at radius 2 is 1.69 bits per heavy atom. The Morgan fingerprint density at radius 1 is 0.897 bits per heavy atom. The highest BCUT2D eigenvalue weighted by Gasteiger charge is 2.12. The predicted octanol–water partition coefficient (Wildman–Crippen LogP) is 6.31. The van der Waals surface area contributed by atoms with Gasteiger partial charge in [0.1, 0.15) is 6.61 Å². The van der Waals surface area contributed by atoms with Crippen LogP contribution in [0.2, 0.25) is 15.1 Å². The van der Waals surface area contributed by atoms with Crippen molar-refractivity contribution in [3.63, 3.8) is 0 Å². The van der Waals surface area contributed by atoms with Gasteiger partial charge in [0.05, 0.1) is 6.61 Å².